The van der Waals surface area contributed by atoms with E-state index in [4.69, 9.17) is 14.6 Å². The van der Waals surface area contributed by atoms with Gasteiger partial charge in [0.1, 0.15) is 0 Å². The minimum Gasteiger partial charge on any atom is -0.481 e. The molecule has 7 nitrogen and oxygen atoms in total. The Labute approximate surface area is 175 Å². The number of hydrogen-bond acceptors (Lipinski definition) is 6. The molecule has 29 heavy (non-hydrogen) atoms. The average molecular weight is 417 g/mol. The minimum absolute atomic E-state index is 0.112. The van der Waals surface area contributed by atoms with Crippen molar-refractivity contribution in [1.82, 2.24) is 0 Å². The van der Waals surface area contributed by atoms with Crippen LogP contribution in [0.3, 0.4) is 0 Å². The zero-order valence-corrected chi connectivity index (χ0v) is 18.1. The van der Waals surface area contributed by atoms with Gasteiger partial charge in [-0.15, -0.1) is 0 Å². The highest BCUT2D eigenvalue weighted by Crippen LogP contribution is 2.22. The first-order valence-corrected chi connectivity index (χ1v) is 10.5. The smallest absolute Gasteiger partial charge is 0.303 e. The van der Waals surface area contributed by atoms with Crippen molar-refractivity contribution in [3.63, 3.8) is 0 Å². The van der Waals surface area contributed by atoms with Crippen molar-refractivity contribution in [3.8, 4) is 0 Å². The van der Waals surface area contributed by atoms with E-state index in [1.165, 1.54) is 20.3 Å². The average Bonchev–Trinajstić information content (AvgIpc) is 2.69. The fourth-order valence-electron chi connectivity index (χ4n) is 3.01. The van der Waals surface area contributed by atoms with Gasteiger partial charge in [0, 0.05) is 33.0 Å². The summed E-state index contributed by atoms with van der Waals surface area (Å²) in [6, 6.07) is 0. The van der Waals surface area contributed by atoms with E-state index in [1.807, 2.05) is 12.2 Å². The lowest BCUT2D eigenvalue weighted by Gasteiger charge is -2.27. The minimum atomic E-state index is -0.941. The molecule has 0 unspecified atom stereocenters. The molecule has 0 saturated heterocycles. The molecule has 4 atom stereocenters. The molecular weight excluding hydrogens is 376 g/mol. The molecule has 0 fully saturated rings. The van der Waals surface area contributed by atoms with Gasteiger partial charge in [0.2, 0.25) is 0 Å². The summed E-state index contributed by atoms with van der Waals surface area (Å²) in [4.78, 5) is 10.5. The van der Waals surface area contributed by atoms with E-state index in [-0.39, 0.29) is 12.8 Å². The highest BCUT2D eigenvalue weighted by molar-refractivity contribution is 5.66. The molecule has 0 saturated carbocycles. The van der Waals surface area contributed by atoms with E-state index in [2.05, 4.69) is 6.92 Å². The van der Waals surface area contributed by atoms with E-state index >= 15 is 0 Å². The van der Waals surface area contributed by atoms with Crippen LogP contribution in [0.25, 0.3) is 0 Å². The van der Waals surface area contributed by atoms with Crippen molar-refractivity contribution in [2.75, 3.05) is 14.2 Å². The summed E-state index contributed by atoms with van der Waals surface area (Å²) in [6.45, 7) is 2.10. The fourth-order valence-corrected chi connectivity index (χ4v) is 3.01. The zero-order valence-electron chi connectivity index (χ0n) is 18.1. The highest BCUT2D eigenvalue weighted by atomic mass is 16.7. The monoisotopic (exact) mass is 416 g/mol. The van der Waals surface area contributed by atoms with Gasteiger partial charge >= 0.3 is 5.97 Å². The molecule has 0 aromatic heterocycles. The Kier molecular flexibility index (Phi) is 16.8. The maximum Gasteiger partial charge on any atom is 0.303 e. The van der Waals surface area contributed by atoms with Crippen LogP contribution < -0.4 is 0 Å². The molecule has 0 amide bonds. The number of carboxylic acids is 1. The first-order valence-electron chi connectivity index (χ1n) is 10.5. The number of aliphatic hydroxyl groups is 3. The Balaban J connectivity index is 4.86. The number of carboxylic acid groups (broad SMARTS) is 1. The van der Waals surface area contributed by atoms with Crippen LogP contribution in [0.15, 0.2) is 24.3 Å². The number of unbranched alkanes of at least 4 members (excludes halogenated alkanes) is 3. The molecule has 0 aliphatic heterocycles. The second-order valence-corrected chi connectivity index (χ2v) is 7.30. The molecule has 0 aliphatic carbocycles. The van der Waals surface area contributed by atoms with Crippen molar-refractivity contribution >= 4 is 5.97 Å². The molecule has 0 aromatic carbocycles. The van der Waals surface area contributed by atoms with Gasteiger partial charge in [-0.3, -0.25) is 4.79 Å². The molecular formula is C22H40O7. The van der Waals surface area contributed by atoms with Crippen LogP contribution in [-0.2, 0) is 14.3 Å². The third-order valence-electron chi connectivity index (χ3n) is 4.86. The van der Waals surface area contributed by atoms with Crippen LogP contribution in [-0.4, -0.2) is 65.2 Å². The summed E-state index contributed by atoms with van der Waals surface area (Å²) in [6.07, 6.45) is 9.40. The third-order valence-corrected chi connectivity index (χ3v) is 4.86. The first-order chi connectivity index (χ1) is 13.8. The van der Waals surface area contributed by atoms with Crippen LogP contribution in [0.4, 0.5) is 0 Å². The summed E-state index contributed by atoms with van der Waals surface area (Å²) in [5.74, 6) is -1.33. The summed E-state index contributed by atoms with van der Waals surface area (Å²) in [5, 5.41) is 39.9. The molecule has 0 bridgehead atoms. The molecule has 4 N–H and O–H groups in total. The lowest BCUT2D eigenvalue weighted by Crippen LogP contribution is -2.34. The summed E-state index contributed by atoms with van der Waals surface area (Å²) in [7, 11) is 2.97. The van der Waals surface area contributed by atoms with E-state index < -0.39 is 36.5 Å². The number of aliphatic hydroxyl groups excluding tert-OH is 3. The number of methoxy groups -OCH3 is 2. The highest BCUT2D eigenvalue weighted by Gasteiger charge is 2.27. The van der Waals surface area contributed by atoms with E-state index in [9.17, 15) is 20.1 Å². The molecule has 0 aliphatic rings. The number of carbonyl (C=O) groups is 1. The Hall–Kier alpha value is -1.25. The van der Waals surface area contributed by atoms with Crippen molar-refractivity contribution in [1.29, 1.82) is 0 Å². The standard InChI is InChI=1S/C22H40O7/c1-4-5-8-11-17(23)14-15-19(24)18(20(25)16-22(28-2)29-3)12-9-6-7-10-13-21(26)27/h6,9,14-15,17-20,22-25H,4-5,7-8,10-13,16H2,1-3H3,(H,26,27)/b9-6-,15-14+/t17-,18+,19+,20-/m0/s1. The van der Waals surface area contributed by atoms with Crippen molar-refractivity contribution < 1.29 is 34.7 Å². The number of aliphatic carboxylic acids is 1. The van der Waals surface area contributed by atoms with Gasteiger partial charge in [-0.25, -0.2) is 0 Å². The van der Waals surface area contributed by atoms with E-state index in [1.54, 1.807) is 6.08 Å². The molecule has 170 valence electrons. The number of allylic oxidation sites excluding steroid dienone is 2. The molecule has 0 radical (unpaired) electrons. The Morgan fingerprint density at radius 1 is 1.00 bits per heavy atom. The first kappa shape index (κ1) is 27.8. The van der Waals surface area contributed by atoms with Gasteiger partial charge in [0.25, 0.3) is 0 Å². The lowest BCUT2D eigenvalue weighted by atomic mass is 9.89. The third kappa shape index (κ3) is 14.4. The quantitative estimate of drug-likeness (QED) is 0.154. The van der Waals surface area contributed by atoms with Crippen molar-refractivity contribution in [2.45, 2.75) is 89.3 Å². The largest absolute Gasteiger partial charge is 0.481 e. The Bertz CT molecular complexity index is 460. The van der Waals surface area contributed by atoms with Crippen LogP contribution in [0.1, 0.15) is 64.7 Å². The van der Waals surface area contributed by atoms with Gasteiger partial charge in [-0.05, 0) is 25.7 Å². The SMILES string of the molecule is CCCCC[C@H](O)/C=C/[C@@H](O)[C@@H](C/C=C\CCCC(=O)O)[C@@H](O)CC(OC)OC. The van der Waals surface area contributed by atoms with Gasteiger partial charge < -0.3 is 29.9 Å². The normalized spacial score (nSPS) is 16.5. The fraction of sp³-hybridized carbons (Fsp3) is 0.773. The van der Waals surface area contributed by atoms with Gasteiger partial charge in [0.15, 0.2) is 6.29 Å². The number of rotatable bonds is 18. The van der Waals surface area contributed by atoms with Crippen LogP contribution in [0.2, 0.25) is 0 Å². The van der Waals surface area contributed by atoms with E-state index in [0.717, 1.165) is 19.3 Å². The maximum absolute atomic E-state index is 10.6. The van der Waals surface area contributed by atoms with Gasteiger partial charge in [0.05, 0.1) is 18.3 Å². The van der Waals surface area contributed by atoms with Crippen LogP contribution in [0, 0.1) is 5.92 Å². The van der Waals surface area contributed by atoms with Crippen molar-refractivity contribution in [2.24, 2.45) is 5.92 Å². The van der Waals surface area contributed by atoms with E-state index in [0.29, 0.717) is 25.7 Å². The second-order valence-electron chi connectivity index (χ2n) is 7.30. The Morgan fingerprint density at radius 2 is 1.69 bits per heavy atom. The summed E-state index contributed by atoms with van der Waals surface area (Å²) < 4.78 is 10.3. The number of hydrogen-bond donors (Lipinski definition) is 4. The second kappa shape index (κ2) is 17.6. The topological polar surface area (TPSA) is 116 Å². The molecule has 7 heteroatoms. The summed E-state index contributed by atoms with van der Waals surface area (Å²) >= 11 is 0. The van der Waals surface area contributed by atoms with Crippen LogP contribution in [0.5, 0.6) is 0 Å². The predicted molar refractivity (Wildman–Crippen MR) is 112 cm³/mol. The Morgan fingerprint density at radius 3 is 2.28 bits per heavy atom. The van der Waals surface area contributed by atoms with Crippen molar-refractivity contribution in [3.05, 3.63) is 24.3 Å². The maximum atomic E-state index is 10.6. The summed E-state index contributed by atoms with van der Waals surface area (Å²) in [5.41, 5.74) is 0. The molecule has 0 rings (SSSR count). The lowest BCUT2D eigenvalue weighted by molar-refractivity contribution is -0.137. The molecule has 0 aromatic rings. The molecule has 0 spiro atoms. The van der Waals surface area contributed by atoms with Gasteiger partial charge in [-0.1, -0.05) is 50.5 Å². The molecule has 0 heterocycles. The predicted octanol–water partition coefficient (Wildman–Crippen LogP) is 3.03. The van der Waals surface area contributed by atoms with Crippen LogP contribution >= 0.6 is 0 Å². The zero-order chi connectivity index (χ0) is 22.1. The number of ether oxygens (including phenoxy) is 2. The van der Waals surface area contributed by atoms with Gasteiger partial charge in [-0.2, -0.15) is 0 Å².